The molecule has 4 rings (SSSR count). The van der Waals surface area contributed by atoms with E-state index >= 15 is 0 Å². The number of rotatable bonds is 3. The van der Waals surface area contributed by atoms with Gasteiger partial charge in [0.15, 0.2) is 5.96 Å². The van der Waals surface area contributed by atoms with E-state index in [0.717, 1.165) is 30.0 Å². The molecule has 1 aliphatic rings. The second-order valence-electron chi connectivity index (χ2n) is 5.93. The molecule has 0 radical (unpaired) electrons. The Kier molecular flexibility index (Phi) is 3.58. The van der Waals surface area contributed by atoms with Crippen LogP contribution in [0.3, 0.4) is 0 Å². The van der Waals surface area contributed by atoms with Crippen molar-refractivity contribution in [3.8, 4) is 5.75 Å². The smallest absolute Gasteiger partial charge is 0.198 e. The zero-order chi connectivity index (χ0) is 16.5. The van der Waals surface area contributed by atoms with Gasteiger partial charge in [-0.05, 0) is 59.7 Å². The van der Waals surface area contributed by atoms with Crippen molar-refractivity contribution in [2.75, 3.05) is 12.4 Å². The summed E-state index contributed by atoms with van der Waals surface area (Å²) in [7, 11) is 1.65. The van der Waals surface area contributed by atoms with Crippen LogP contribution in [0.5, 0.6) is 5.75 Å². The first-order valence-electron chi connectivity index (χ1n) is 8.03. The van der Waals surface area contributed by atoms with Crippen LogP contribution in [-0.4, -0.2) is 13.1 Å². The van der Waals surface area contributed by atoms with Gasteiger partial charge in [0.2, 0.25) is 0 Å². The highest BCUT2D eigenvalue weighted by atomic mass is 16.5. The van der Waals surface area contributed by atoms with Gasteiger partial charge in [0, 0.05) is 11.1 Å². The van der Waals surface area contributed by atoms with E-state index in [-0.39, 0.29) is 0 Å². The average molecular weight is 317 g/mol. The third-order valence-electron chi connectivity index (χ3n) is 4.46. The van der Waals surface area contributed by atoms with Crippen molar-refractivity contribution >= 4 is 28.1 Å². The Labute approximate surface area is 141 Å². The van der Waals surface area contributed by atoms with E-state index in [9.17, 15) is 0 Å². The molecule has 120 valence electrons. The molecule has 0 saturated carbocycles. The maximum Gasteiger partial charge on any atom is 0.198 e. The van der Waals surface area contributed by atoms with E-state index in [4.69, 9.17) is 10.5 Å². The molecule has 3 N–H and O–H groups in total. The van der Waals surface area contributed by atoms with Crippen LogP contribution < -0.4 is 15.8 Å². The van der Waals surface area contributed by atoms with Crippen LogP contribution in [0, 0.1) is 0 Å². The molecule has 0 unspecified atom stereocenters. The molecule has 0 heterocycles. The van der Waals surface area contributed by atoms with E-state index in [1.165, 1.54) is 21.9 Å². The second-order valence-corrected chi connectivity index (χ2v) is 5.93. The van der Waals surface area contributed by atoms with Gasteiger partial charge in [0.05, 0.1) is 12.8 Å². The fourth-order valence-corrected chi connectivity index (χ4v) is 3.31. The molecule has 24 heavy (non-hydrogen) atoms. The van der Waals surface area contributed by atoms with Crippen LogP contribution in [0.2, 0.25) is 0 Å². The zero-order valence-electron chi connectivity index (χ0n) is 13.5. The molecule has 0 spiro atoms. The lowest BCUT2D eigenvalue weighted by Crippen LogP contribution is -2.21. The summed E-state index contributed by atoms with van der Waals surface area (Å²) in [6.07, 6.45) is 2.22. The Balaban J connectivity index is 1.66. The van der Waals surface area contributed by atoms with Gasteiger partial charge in [0.25, 0.3) is 0 Å². The SMILES string of the molecule is COc1ccc(NC(N)=Nc2ccc3c4c(cccc24)CC3)cc1. The van der Waals surface area contributed by atoms with E-state index in [0.29, 0.717) is 5.96 Å². The summed E-state index contributed by atoms with van der Waals surface area (Å²) in [5.41, 5.74) is 10.7. The molecule has 3 aromatic rings. The van der Waals surface area contributed by atoms with Gasteiger partial charge in [0.1, 0.15) is 5.75 Å². The van der Waals surface area contributed by atoms with Gasteiger partial charge in [-0.3, -0.25) is 0 Å². The first-order chi connectivity index (χ1) is 11.7. The number of aliphatic imine (C=N–C) groups is 1. The number of hydrogen-bond donors (Lipinski definition) is 2. The number of nitrogens with two attached hydrogens (primary N) is 1. The minimum atomic E-state index is 0.374. The van der Waals surface area contributed by atoms with Gasteiger partial charge in [-0.25, -0.2) is 4.99 Å². The Bertz CT molecular complexity index is 919. The number of aryl methyl sites for hydroxylation is 2. The maximum atomic E-state index is 6.10. The highest BCUT2D eigenvalue weighted by molar-refractivity contribution is 6.02. The summed E-state index contributed by atoms with van der Waals surface area (Å²) in [5, 5.41) is 5.64. The third kappa shape index (κ3) is 2.56. The van der Waals surface area contributed by atoms with E-state index in [1.807, 2.05) is 24.3 Å². The van der Waals surface area contributed by atoms with Gasteiger partial charge in [-0.1, -0.05) is 24.3 Å². The normalized spacial score (nSPS) is 13.3. The number of guanidine groups is 1. The number of benzene rings is 3. The molecule has 0 amide bonds. The summed E-state index contributed by atoms with van der Waals surface area (Å²) >= 11 is 0. The Morgan fingerprint density at radius 2 is 1.75 bits per heavy atom. The summed E-state index contributed by atoms with van der Waals surface area (Å²) in [6, 6.07) is 18.2. The molecule has 0 saturated heterocycles. The molecule has 0 atom stereocenters. The molecule has 0 aliphatic heterocycles. The fourth-order valence-electron chi connectivity index (χ4n) is 3.31. The van der Waals surface area contributed by atoms with Crippen LogP contribution >= 0.6 is 0 Å². The molecule has 4 nitrogen and oxygen atoms in total. The van der Waals surface area contributed by atoms with Crippen molar-refractivity contribution in [3.05, 3.63) is 65.7 Å². The third-order valence-corrected chi connectivity index (χ3v) is 4.46. The van der Waals surface area contributed by atoms with Crippen molar-refractivity contribution in [1.29, 1.82) is 0 Å². The van der Waals surface area contributed by atoms with Crippen LogP contribution in [0.1, 0.15) is 11.1 Å². The highest BCUT2D eigenvalue weighted by Gasteiger charge is 2.15. The van der Waals surface area contributed by atoms with E-state index in [1.54, 1.807) is 7.11 Å². The maximum absolute atomic E-state index is 6.10. The number of hydrogen-bond acceptors (Lipinski definition) is 2. The number of anilines is 1. The number of nitrogens with zero attached hydrogens (tertiary/aromatic N) is 1. The fraction of sp³-hybridized carbons (Fsp3) is 0.150. The zero-order valence-corrected chi connectivity index (χ0v) is 13.5. The minimum absolute atomic E-state index is 0.374. The Morgan fingerprint density at radius 1 is 1.00 bits per heavy atom. The van der Waals surface area contributed by atoms with Crippen molar-refractivity contribution in [2.24, 2.45) is 10.7 Å². The number of methoxy groups -OCH3 is 1. The van der Waals surface area contributed by atoms with E-state index < -0.39 is 0 Å². The second kappa shape index (κ2) is 5.89. The molecule has 3 aromatic carbocycles. The summed E-state index contributed by atoms with van der Waals surface area (Å²) in [6.45, 7) is 0. The van der Waals surface area contributed by atoms with Crippen LogP contribution in [0.4, 0.5) is 11.4 Å². The standard InChI is InChI=1S/C20H19N3O/c1-24-16-10-8-15(9-11-16)22-20(21)23-18-12-7-14-6-5-13-3-2-4-17(18)19(13)14/h2-4,7-12H,5-6H2,1H3,(H3,21,22,23). The van der Waals surface area contributed by atoms with Crippen LogP contribution in [-0.2, 0) is 12.8 Å². The monoisotopic (exact) mass is 317 g/mol. The summed E-state index contributed by atoms with van der Waals surface area (Å²) in [5.74, 6) is 1.18. The van der Waals surface area contributed by atoms with Gasteiger partial charge in [-0.15, -0.1) is 0 Å². The van der Waals surface area contributed by atoms with Crippen molar-refractivity contribution in [2.45, 2.75) is 12.8 Å². The highest BCUT2D eigenvalue weighted by Crippen LogP contribution is 2.36. The summed E-state index contributed by atoms with van der Waals surface area (Å²) < 4.78 is 5.16. The predicted molar refractivity (Wildman–Crippen MR) is 99.3 cm³/mol. The van der Waals surface area contributed by atoms with Crippen molar-refractivity contribution in [3.63, 3.8) is 0 Å². The lowest BCUT2D eigenvalue weighted by atomic mass is 10.0. The molecular formula is C20H19N3O. The Hall–Kier alpha value is -3.01. The molecule has 4 heteroatoms. The molecule has 1 aliphatic carbocycles. The van der Waals surface area contributed by atoms with Crippen LogP contribution in [0.15, 0.2) is 59.6 Å². The van der Waals surface area contributed by atoms with Crippen molar-refractivity contribution in [1.82, 2.24) is 0 Å². The Morgan fingerprint density at radius 3 is 2.50 bits per heavy atom. The lowest BCUT2D eigenvalue weighted by Gasteiger charge is -2.09. The first kappa shape index (κ1) is 14.6. The van der Waals surface area contributed by atoms with E-state index in [2.05, 4.69) is 40.6 Å². The molecule has 0 fully saturated rings. The van der Waals surface area contributed by atoms with Gasteiger partial charge < -0.3 is 15.8 Å². The average Bonchev–Trinajstić information content (AvgIpc) is 3.03. The summed E-state index contributed by atoms with van der Waals surface area (Å²) in [4.78, 5) is 4.59. The lowest BCUT2D eigenvalue weighted by molar-refractivity contribution is 0.415. The molecule has 0 bridgehead atoms. The van der Waals surface area contributed by atoms with Crippen LogP contribution in [0.25, 0.3) is 10.8 Å². The first-order valence-corrected chi connectivity index (χ1v) is 8.03. The quantitative estimate of drug-likeness (QED) is 0.567. The molecule has 0 aromatic heterocycles. The van der Waals surface area contributed by atoms with Gasteiger partial charge >= 0.3 is 0 Å². The topological polar surface area (TPSA) is 59.6 Å². The number of nitrogens with one attached hydrogen (secondary N) is 1. The predicted octanol–water partition coefficient (Wildman–Crippen LogP) is 4.01. The minimum Gasteiger partial charge on any atom is -0.497 e. The molecular weight excluding hydrogens is 298 g/mol. The van der Waals surface area contributed by atoms with Gasteiger partial charge in [-0.2, -0.15) is 0 Å². The number of ether oxygens (including phenoxy) is 1. The largest absolute Gasteiger partial charge is 0.497 e. The van der Waals surface area contributed by atoms with Crippen molar-refractivity contribution < 1.29 is 4.74 Å².